The maximum absolute atomic E-state index is 12.7. The molecule has 112 valence electrons. The average Bonchev–Trinajstić information content (AvgIpc) is 2.46. The molecule has 2 aromatic carbocycles. The normalized spacial score (nSPS) is 11.4. The highest BCUT2D eigenvalue weighted by Crippen LogP contribution is 2.26. The fourth-order valence-corrected chi connectivity index (χ4v) is 3.58. The second-order valence-electron chi connectivity index (χ2n) is 5.07. The Bertz CT molecular complexity index is 754. The highest BCUT2D eigenvalue weighted by molar-refractivity contribution is 7.92. The van der Waals surface area contributed by atoms with Crippen LogP contribution in [0.4, 0.5) is 5.69 Å². The summed E-state index contributed by atoms with van der Waals surface area (Å²) in [7, 11) is -2.10. The Kier molecular flexibility index (Phi) is 4.34. The third kappa shape index (κ3) is 3.09. The van der Waals surface area contributed by atoms with Crippen molar-refractivity contribution in [3.63, 3.8) is 0 Å². The molecule has 0 bridgehead atoms. The molecule has 0 atom stereocenters. The predicted octanol–water partition coefficient (Wildman–Crippen LogP) is 2.62. The molecule has 1 N–H and O–H groups in total. The van der Waals surface area contributed by atoms with Crippen LogP contribution < -0.4 is 4.31 Å². The van der Waals surface area contributed by atoms with Crippen LogP contribution in [0.3, 0.4) is 0 Å². The van der Waals surface area contributed by atoms with Crippen LogP contribution in [0.2, 0.25) is 0 Å². The Morgan fingerprint density at radius 3 is 2.43 bits per heavy atom. The Hall–Kier alpha value is -1.85. The number of aryl methyl sites for hydroxylation is 2. The van der Waals surface area contributed by atoms with Crippen molar-refractivity contribution in [1.82, 2.24) is 0 Å². The van der Waals surface area contributed by atoms with E-state index in [9.17, 15) is 8.42 Å². The number of rotatable bonds is 4. The van der Waals surface area contributed by atoms with E-state index in [-0.39, 0.29) is 11.5 Å². The van der Waals surface area contributed by atoms with Crippen LogP contribution in [-0.4, -0.2) is 20.6 Å². The summed E-state index contributed by atoms with van der Waals surface area (Å²) in [5, 5.41) is 9.15. The molecule has 4 nitrogen and oxygen atoms in total. The van der Waals surface area contributed by atoms with Crippen molar-refractivity contribution in [1.29, 1.82) is 0 Å². The van der Waals surface area contributed by atoms with Gasteiger partial charge >= 0.3 is 0 Å². The maximum Gasteiger partial charge on any atom is 0.264 e. The molecule has 2 aromatic rings. The lowest BCUT2D eigenvalue weighted by molar-refractivity contribution is 0.281. The van der Waals surface area contributed by atoms with Gasteiger partial charge in [-0.15, -0.1) is 0 Å². The second kappa shape index (κ2) is 5.87. The molecule has 21 heavy (non-hydrogen) atoms. The lowest BCUT2D eigenvalue weighted by Gasteiger charge is -2.22. The summed E-state index contributed by atoms with van der Waals surface area (Å²) in [5.74, 6) is 0. The van der Waals surface area contributed by atoms with Gasteiger partial charge in [0.1, 0.15) is 0 Å². The van der Waals surface area contributed by atoms with Gasteiger partial charge in [-0.25, -0.2) is 8.42 Å². The monoisotopic (exact) mass is 305 g/mol. The fraction of sp³-hybridized carbons (Fsp3) is 0.250. The summed E-state index contributed by atoms with van der Waals surface area (Å²) in [5.41, 5.74) is 3.21. The van der Waals surface area contributed by atoms with E-state index in [1.165, 1.54) is 16.4 Å². The third-order valence-corrected chi connectivity index (χ3v) is 5.20. The number of hydrogen-bond donors (Lipinski definition) is 1. The van der Waals surface area contributed by atoms with Gasteiger partial charge in [0.25, 0.3) is 10.0 Å². The van der Waals surface area contributed by atoms with Gasteiger partial charge in [-0.1, -0.05) is 29.8 Å². The van der Waals surface area contributed by atoms with Crippen molar-refractivity contribution < 1.29 is 13.5 Å². The molecule has 5 heteroatoms. The largest absolute Gasteiger partial charge is 0.392 e. The van der Waals surface area contributed by atoms with Gasteiger partial charge < -0.3 is 5.11 Å². The van der Waals surface area contributed by atoms with Crippen molar-refractivity contribution >= 4 is 15.7 Å². The van der Waals surface area contributed by atoms with E-state index in [1.807, 2.05) is 26.0 Å². The van der Waals surface area contributed by atoms with Gasteiger partial charge in [0.15, 0.2) is 0 Å². The Morgan fingerprint density at radius 1 is 1.10 bits per heavy atom. The molecule has 0 aliphatic rings. The Labute approximate surface area is 125 Å². The molecule has 0 radical (unpaired) electrons. The van der Waals surface area contributed by atoms with E-state index >= 15 is 0 Å². The summed E-state index contributed by atoms with van der Waals surface area (Å²) >= 11 is 0. The minimum Gasteiger partial charge on any atom is -0.392 e. The number of benzene rings is 2. The van der Waals surface area contributed by atoms with E-state index < -0.39 is 10.0 Å². The zero-order valence-electron chi connectivity index (χ0n) is 12.4. The van der Waals surface area contributed by atoms with Crippen LogP contribution in [0.25, 0.3) is 0 Å². The molecular weight excluding hydrogens is 286 g/mol. The summed E-state index contributed by atoms with van der Waals surface area (Å²) in [6.45, 7) is 3.67. The molecular formula is C16H19NO3S. The first kappa shape index (κ1) is 15.5. The molecule has 0 aliphatic heterocycles. The zero-order valence-corrected chi connectivity index (χ0v) is 13.2. The number of aliphatic hydroxyl groups is 1. The van der Waals surface area contributed by atoms with Gasteiger partial charge in [-0.05, 0) is 43.2 Å². The molecule has 0 heterocycles. The van der Waals surface area contributed by atoms with Crippen LogP contribution in [0.15, 0.2) is 47.4 Å². The van der Waals surface area contributed by atoms with Gasteiger partial charge in [-0.3, -0.25) is 4.31 Å². The highest BCUT2D eigenvalue weighted by Gasteiger charge is 2.22. The van der Waals surface area contributed by atoms with Crippen LogP contribution in [-0.2, 0) is 16.6 Å². The molecule has 2 rings (SSSR count). The van der Waals surface area contributed by atoms with Crippen LogP contribution >= 0.6 is 0 Å². The van der Waals surface area contributed by atoms with Gasteiger partial charge in [0.05, 0.1) is 17.2 Å². The minimum absolute atomic E-state index is 0.177. The number of sulfonamides is 1. The lowest BCUT2D eigenvalue weighted by Crippen LogP contribution is -2.27. The van der Waals surface area contributed by atoms with Crippen molar-refractivity contribution in [2.24, 2.45) is 0 Å². The van der Waals surface area contributed by atoms with E-state index in [0.717, 1.165) is 11.1 Å². The van der Waals surface area contributed by atoms with Crippen molar-refractivity contribution in [3.05, 3.63) is 59.2 Å². The molecule has 0 saturated carbocycles. The first-order valence-corrected chi connectivity index (χ1v) is 8.06. The first-order chi connectivity index (χ1) is 9.86. The highest BCUT2D eigenvalue weighted by atomic mass is 32.2. The van der Waals surface area contributed by atoms with Crippen molar-refractivity contribution in [3.8, 4) is 0 Å². The van der Waals surface area contributed by atoms with Gasteiger partial charge in [0, 0.05) is 7.05 Å². The van der Waals surface area contributed by atoms with Crippen molar-refractivity contribution in [2.45, 2.75) is 25.3 Å². The van der Waals surface area contributed by atoms with Crippen LogP contribution in [0.1, 0.15) is 16.7 Å². The standard InChI is InChI=1S/C16H19NO3S/c1-12-7-8-16(13(2)9-12)17(3)21(19,20)15-6-4-5-14(10-15)11-18/h4-10,18H,11H2,1-3H3. The fourth-order valence-electron chi connectivity index (χ4n) is 2.25. The molecule has 0 unspecified atom stereocenters. The average molecular weight is 305 g/mol. The Balaban J connectivity index is 2.47. The molecule has 0 fully saturated rings. The van der Waals surface area contributed by atoms with E-state index in [4.69, 9.17) is 5.11 Å². The zero-order chi connectivity index (χ0) is 15.6. The Morgan fingerprint density at radius 2 is 1.81 bits per heavy atom. The SMILES string of the molecule is Cc1ccc(N(C)S(=O)(=O)c2cccc(CO)c2)c(C)c1. The number of aliphatic hydroxyl groups excluding tert-OH is 1. The summed E-state index contributed by atoms with van der Waals surface area (Å²) in [6.07, 6.45) is 0. The summed E-state index contributed by atoms with van der Waals surface area (Å²) in [6, 6.07) is 12.0. The van der Waals surface area contributed by atoms with E-state index in [2.05, 4.69) is 0 Å². The van der Waals surface area contributed by atoms with Crippen molar-refractivity contribution in [2.75, 3.05) is 11.4 Å². The molecule has 0 aliphatic carbocycles. The predicted molar refractivity (Wildman–Crippen MR) is 83.9 cm³/mol. The van der Waals surface area contributed by atoms with Crippen LogP contribution in [0, 0.1) is 13.8 Å². The number of hydrogen-bond acceptors (Lipinski definition) is 3. The number of nitrogens with zero attached hydrogens (tertiary/aromatic N) is 1. The smallest absolute Gasteiger partial charge is 0.264 e. The summed E-state index contributed by atoms with van der Waals surface area (Å²) < 4.78 is 26.6. The molecule has 0 amide bonds. The summed E-state index contributed by atoms with van der Waals surface area (Å²) in [4.78, 5) is 0.177. The second-order valence-corrected chi connectivity index (χ2v) is 7.04. The minimum atomic E-state index is -3.64. The maximum atomic E-state index is 12.7. The van der Waals surface area contributed by atoms with Gasteiger partial charge in [-0.2, -0.15) is 0 Å². The first-order valence-electron chi connectivity index (χ1n) is 6.62. The molecule has 0 aromatic heterocycles. The third-order valence-electron chi connectivity index (χ3n) is 3.43. The number of anilines is 1. The van der Waals surface area contributed by atoms with E-state index in [0.29, 0.717) is 11.3 Å². The quantitative estimate of drug-likeness (QED) is 0.944. The van der Waals surface area contributed by atoms with E-state index in [1.54, 1.807) is 25.2 Å². The van der Waals surface area contributed by atoms with Crippen LogP contribution in [0.5, 0.6) is 0 Å². The topological polar surface area (TPSA) is 57.6 Å². The molecule has 0 spiro atoms. The molecule has 0 saturated heterocycles. The van der Waals surface area contributed by atoms with Gasteiger partial charge in [0.2, 0.25) is 0 Å². The lowest BCUT2D eigenvalue weighted by atomic mass is 10.1.